The molecule has 28 heavy (non-hydrogen) atoms. The van der Waals surface area contributed by atoms with Crippen molar-refractivity contribution in [2.45, 2.75) is 12.8 Å². The van der Waals surface area contributed by atoms with E-state index in [2.05, 4.69) is 0 Å². The maximum Gasteiger partial charge on any atom is 0.326 e. The second-order valence-electron chi connectivity index (χ2n) is 5.88. The average Bonchev–Trinajstić information content (AvgIpc) is 3.29. The molecule has 2 heterocycles. The van der Waals surface area contributed by atoms with Crippen molar-refractivity contribution in [3.63, 3.8) is 0 Å². The Balaban J connectivity index is 1.54. The molecule has 144 valence electrons. The summed E-state index contributed by atoms with van der Waals surface area (Å²) in [5.41, 5.74) is -0.931. The standard InChI is InChI=1S/C18H14N2O7S/c21-13(14-7-3-9-28-14)6-2-8-27-15(22)10-19-17(23)11-4-1-5-12(20(25)26)16(11)18(19)24/h1,3-5,7,9H,2,6,8,10H2. The molecule has 0 aliphatic carbocycles. The number of esters is 1. The van der Waals surface area contributed by atoms with E-state index in [4.69, 9.17) is 4.74 Å². The molecule has 0 spiro atoms. The molecule has 0 saturated heterocycles. The molecule has 0 atom stereocenters. The average molecular weight is 402 g/mol. The first kappa shape index (κ1) is 19.4. The zero-order chi connectivity index (χ0) is 20.3. The summed E-state index contributed by atoms with van der Waals surface area (Å²) in [6.45, 7) is -0.693. The van der Waals surface area contributed by atoms with Gasteiger partial charge in [-0.25, -0.2) is 0 Å². The predicted molar refractivity (Wildman–Crippen MR) is 97.3 cm³/mol. The van der Waals surface area contributed by atoms with Gasteiger partial charge in [-0.05, 0) is 23.9 Å². The second kappa shape index (κ2) is 8.09. The molecule has 0 N–H and O–H groups in total. The zero-order valence-electron chi connectivity index (χ0n) is 14.5. The lowest BCUT2D eigenvalue weighted by Crippen LogP contribution is -2.35. The van der Waals surface area contributed by atoms with Gasteiger partial charge in [-0.3, -0.25) is 34.2 Å². The Morgan fingerprint density at radius 2 is 1.93 bits per heavy atom. The van der Waals surface area contributed by atoms with Gasteiger partial charge in [-0.1, -0.05) is 12.1 Å². The number of imide groups is 1. The first-order valence-corrected chi connectivity index (χ1v) is 9.14. The van der Waals surface area contributed by atoms with Crippen LogP contribution in [0.15, 0.2) is 35.7 Å². The van der Waals surface area contributed by atoms with Crippen LogP contribution in [-0.4, -0.2) is 46.5 Å². The molecule has 0 fully saturated rings. The molecule has 0 saturated carbocycles. The summed E-state index contributed by atoms with van der Waals surface area (Å²) in [6, 6.07) is 7.19. The number of hydrogen-bond acceptors (Lipinski definition) is 8. The number of thiophene rings is 1. The maximum atomic E-state index is 12.4. The monoisotopic (exact) mass is 402 g/mol. The number of carbonyl (C=O) groups excluding carboxylic acids is 4. The third-order valence-electron chi connectivity index (χ3n) is 4.07. The van der Waals surface area contributed by atoms with Crippen molar-refractivity contribution in [1.29, 1.82) is 0 Å². The number of Topliss-reactive ketones (excluding diaryl/α,β-unsaturated/α-hetero) is 1. The SMILES string of the molecule is O=C(CN1C(=O)c2cccc([N+](=O)[O-])c2C1=O)OCCCC(=O)c1cccs1. The maximum absolute atomic E-state index is 12.4. The summed E-state index contributed by atoms with van der Waals surface area (Å²) in [6.07, 6.45) is 0.503. The molecule has 1 aliphatic heterocycles. The van der Waals surface area contributed by atoms with E-state index in [1.165, 1.54) is 23.5 Å². The van der Waals surface area contributed by atoms with Gasteiger partial charge in [-0.15, -0.1) is 11.3 Å². The van der Waals surface area contributed by atoms with E-state index in [1.807, 2.05) is 0 Å². The van der Waals surface area contributed by atoms with E-state index in [0.29, 0.717) is 16.2 Å². The fourth-order valence-corrected chi connectivity index (χ4v) is 3.46. The number of rotatable bonds is 8. The lowest BCUT2D eigenvalue weighted by atomic mass is 10.1. The number of hydrogen-bond donors (Lipinski definition) is 0. The van der Waals surface area contributed by atoms with Crippen LogP contribution in [0.2, 0.25) is 0 Å². The van der Waals surface area contributed by atoms with Crippen LogP contribution >= 0.6 is 11.3 Å². The lowest BCUT2D eigenvalue weighted by molar-refractivity contribution is -0.385. The first-order chi connectivity index (χ1) is 13.4. The van der Waals surface area contributed by atoms with Crippen molar-refractivity contribution >= 4 is 40.6 Å². The molecular weight excluding hydrogens is 388 g/mol. The molecule has 9 nitrogen and oxygen atoms in total. The molecular formula is C18H14N2O7S. The smallest absolute Gasteiger partial charge is 0.326 e. The van der Waals surface area contributed by atoms with Gasteiger partial charge in [0.15, 0.2) is 5.78 Å². The number of nitro groups is 1. The highest BCUT2D eigenvalue weighted by atomic mass is 32.1. The van der Waals surface area contributed by atoms with Crippen LogP contribution in [0.25, 0.3) is 0 Å². The first-order valence-electron chi connectivity index (χ1n) is 8.26. The highest BCUT2D eigenvalue weighted by molar-refractivity contribution is 7.12. The molecule has 10 heteroatoms. The van der Waals surface area contributed by atoms with Gasteiger partial charge in [0.05, 0.1) is 22.0 Å². The van der Waals surface area contributed by atoms with E-state index < -0.39 is 34.9 Å². The van der Waals surface area contributed by atoms with Crippen LogP contribution in [0.1, 0.15) is 43.2 Å². The predicted octanol–water partition coefficient (Wildman–Crippen LogP) is 2.46. The molecule has 1 aromatic heterocycles. The topological polar surface area (TPSA) is 124 Å². The number of fused-ring (bicyclic) bond motifs is 1. The van der Waals surface area contributed by atoms with Crippen molar-refractivity contribution in [2.75, 3.05) is 13.2 Å². The number of nitro benzene ring substituents is 1. The van der Waals surface area contributed by atoms with Gasteiger partial charge in [0.25, 0.3) is 17.5 Å². The Kier molecular flexibility index (Phi) is 5.59. The van der Waals surface area contributed by atoms with Gasteiger partial charge < -0.3 is 4.74 Å². The number of nitrogens with zero attached hydrogens (tertiary/aromatic N) is 2. The molecule has 0 radical (unpaired) electrons. The summed E-state index contributed by atoms with van der Waals surface area (Å²) in [5.74, 6) is -2.58. The minimum absolute atomic E-state index is 0.0424. The Morgan fingerprint density at radius 1 is 1.14 bits per heavy atom. The summed E-state index contributed by atoms with van der Waals surface area (Å²) in [4.78, 5) is 60.0. The van der Waals surface area contributed by atoms with Crippen LogP contribution in [0.5, 0.6) is 0 Å². The number of carbonyl (C=O) groups is 4. The van der Waals surface area contributed by atoms with Gasteiger partial charge in [0.2, 0.25) is 0 Å². The van der Waals surface area contributed by atoms with Gasteiger partial charge in [0, 0.05) is 12.5 Å². The van der Waals surface area contributed by atoms with Crippen LogP contribution < -0.4 is 0 Å². The largest absolute Gasteiger partial charge is 0.464 e. The van der Waals surface area contributed by atoms with Crippen molar-refractivity contribution < 1.29 is 28.8 Å². The van der Waals surface area contributed by atoms with Crippen LogP contribution in [0, 0.1) is 10.1 Å². The molecule has 3 rings (SSSR count). The summed E-state index contributed by atoms with van der Waals surface area (Å²) >= 11 is 1.33. The Labute approximate surface area is 162 Å². The summed E-state index contributed by atoms with van der Waals surface area (Å²) in [5, 5.41) is 12.9. The Hall–Kier alpha value is -3.40. The van der Waals surface area contributed by atoms with E-state index in [1.54, 1.807) is 17.5 Å². The molecule has 2 aromatic rings. The summed E-state index contributed by atoms with van der Waals surface area (Å²) in [7, 11) is 0. The number of ketones is 1. The third kappa shape index (κ3) is 3.81. The van der Waals surface area contributed by atoms with Crippen LogP contribution in [-0.2, 0) is 9.53 Å². The van der Waals surface area contributed by atoms with Crippen LogP contribution in [0.4, 0.5) is 5.69 Å². The van der Waals surface area contributed by atoms with Crippen molar-refractivity contribution in [2.24, 2.45) is 0 Å². The van der Waals surface area contributed by atoms with E-state index >= 15 is 0 Å². The number of amides is 2. The van der Waals surface area contributed by atoms with E-state index in [-0.39, 0.29) is 29.9 Å². The highest BCUT2D eigenvalue weighted by Gasteiger charge is 2.41. The molecule has 0 unspecified atom stereocenters. The fraction of sp³-hybridized carbons (Fsp3) is 0.222. The molecule has 1 aliphatic rings. The van der Waals surface area contributed by atoms with Gasteiger partial charge in [0.1, 0.15) is 12.1 Å². The Morgan fingerprint density at radius 3 is 2.61 bits per heavy atom. The van der Waals surface area contributed by atoms with Crippen molar-refractivity contribution in [3.05, 3.63) is 61.8 Å². The summed E-state index contributed by atoms with van der Waals surface area (Å²) < 4.78 is 4.98. The third-order valence-corrected chi connectivity index (χ3v) is 4.98. The quantitative estimate of drug-likeness (QED) is 0.166. The zero-order valence-corrected chi connectivity index (χ0v) is 15.3. The second-order valence-corrected chi connectivity index (χ2v) is 6.83. The number of ether oxygens (including phenoxy) is 1. The Bertz CT molecular complexity index is 968. The van der Waals surface area contributed by atoms with Crippen molar-refractivity contribution in [3.8, 4) is 0 Å². The van der Waals surface area contributed by atoms with E-state index in [0.717, 1.165) is 6.07 Å². The molecule has 0 bridgehead atoms. The molecule has 1 aromatic carbocycles. The normalized spacial score (nSPS) is 12.8. The van der Waals surface area contributed by atoms with E-state index in [9.17, 15) is 29.3 Å². The number of benzene rings is 1. The minimum atomic E-state index is -0.905. The highest BCUT2D eigenvalue weighted by Crippen LogP contribution is 2.30. The fourth-order valence-electron chi connectivity index (χ4n) is 2.77. The van der Waals surface area contributed by atoms with Crippen LogP contribution in [0.3, 0.4) is 0 Å². The molecule has 2 amide bonds. The minimum Gasteiger partial charge on any atom is -0.464 e. The lowest BCUT2D eigenvalue weighted by Gasteiger charge is -2.12. The van der Waals surface area contributed by atoms with Gasteiger partial charge >= 0.3 is 5.97 Å². The van der Waals surface area contributed by atoms with Crippen molar-refractivity contribution in [1.82, 2.24) is 4.90 Å². The van der Waals surface area contributed by atoms with Gasteiger partial charge in [-0.2, -0.15) is 0 Å².